The molecule has 0 bridgehead atoms. The SMILES string of the molecule is CCn1cncc1CC(CN)C(=O)N1CCCCC1. The molecule has 1 amide bonds. The minimum atomic E-state index is -0.111. The first-order valence-electron chi connectivity index (χ1n) is 7.24. The molecular formula is C14H24N4O. The first-order valence-corrected chi connectivity index (χ1v) is 7.24. The molecule has 1 atom stereocenters. The number of likely N-dealkylation sites (tertiary alicyclic amines) is 1. The number of aryl methyl sites for hydroxylation is 1. The van der Waals surface area contributed by atoms with Crippen LogP contribution in [-0.4, -0.2) is 40.0 Å². The fourth-order valence-electron chi connectivity index (χ4n) is 2.70. The van der Waals surface area contributed by atoms with Gasteiger partial charge in [0.2, 0.25) is 5.91 Å². The van der Waals surface area contributed by atoms with E-state index in [0.717, 1.165) is 38.2 Å². The normalized spacial score (nSPS) is 17.5. The number of aromatic nitrogens is 2. The highest BCUT2D eigenvalue weighted by Crippen LogP contribution is 2.15. The zero-order valence-corrected chi connectivity index (χ0v) is 11.7. The summed E-state index contributed by atoms with van der Waals surface area (Å²) >= 11 is 0. The Hall–Kier alpha value is -1.36. The minimum absolute atomic E-state index is 0.111. The van der Waals surface area contributed by atoms with Crippen LogP contribution in [0.4, 0.5) is 0 Å². The highest BCUT2D eigenvalue weighted by molar-refractivity contribution is 5.79. The number of nitrogens with zero attached hydrogens (tertiary/aromatic N) is 3. The molecule has 5 nitrogen and oxygen atoms in total. The van der Waals surface area contributed by atoms with Crippen LogP contribution in [0.3, 0.4) is 0 Å². The van der Waals surface area contributed by atoms with Crippen molar-refractivity contribution in [2.75, 3.05) is 19.6 Å². The van der Waals surface area contributed by atoms with E-state index < -0.39 is 0 Å². The van der Waals surface area contributed by atoms with Crippen LogP contribution in [-0.2, 0) is 17.8 Å². The quantitative estimate of drug-likeness (QED) is 0.864. The molecule has 0 radical (unpaired) electrons. The number of carbonyl (C=O) groups is 1. The predicted octanol–water partition coefficient (Wildman–Crippen LogP) is 1.03. The number of piperidine rings is 1. The lowest BCUT2D eigenvalue weighted by molar-refractivity contribution is -0.136. The van der Waals surface area contributed by atoms with Gasteiger partial charge in [-0.1, -0.05) is 0 Å². The van der Waals surface area contributed by atoms with Gasteiger partial charge in [-0.25, -0.2) is 4.98 Å². The second-order valence-corrected chi connectivity index (χ2v) is 5.19. The van der Waals surface area contributed by atoms with E-state index in [-0.39, 0.29) is 11.8 Å². The lowest BCUT2D eigenvalue weighted by Gasteiger charge is -2.30. The molecule has 0 spiro atoms. The van der Waals surface area contributed by atoms with Crippen molar-refractivity contribution in [2.24, 2.45) is 11.7 Å². The van der Waals surface area contributed by atoms with Gasteiger partial charge in [-0.3, -0.25) is 4.79 Å². The third kappa shape index (κ3) is 3.35. The third-order valence-corrected chi connectivity index (χ3v) is 3.90. The second-order valence-electron chi connectivity index (χ2n) is 5.19. The summed E-state index contributed by atoms with van der Waals surface area (Å²) in [6, 6.07) is 0. The Kier molecular flexibility index (Phi) is 4.96. The van der Waals surface area contributed by atoms with Crippen LogP contribution in [0.1, 0.15) is 31.9 Å². The monoisotopic (exact) mass is 264 g/mol. The van der Waals surface area contributed by atoms with Crippen molar-refractivity contribution in [1.82, 2.24) is 14.5 Å². The smallest absolute Gasteiger partial charge is 0.227 e. The van der Waals surface area contributed by atoms with E-state index in [2.05, 4.69) is 16.5 Å². The Morgan fingerprint density at radius 1 is 1.42 bits per heavy atom. The summed E-state index contributed by atoms with van der Waals surface area (Å²) < 4.78 is 2.08. The zero-order valence-electron chi connectivity index (χ0n) is 11.7. The summed E-state index contributed by atoms with van der Waals surface area (Å²) in [6.07, 6.45) is 7.83. The molecule has 1 aromatic heterocycles. The second kappa shape index (κ2) is 6.70. The maximum Gasteiger partial charge on any atom is 0.227 e. The molecule has 1 unspecified atom stereocenters. The molecule has 5 heteroatoms. The van der Waals surface area contributed by atoms with Crippen LogP contribution >= 0.6 is 0 Å². The molecule has 2 N–H and O–H groups in total. The summed E-state index contributed by atoms with van der Waals surface area (Å²) in [5.74, 6) is 0.103. The van der Waals surface area contributed by atoms with Gasteiger partial charge in [0.1, 0.15) is 0 Å². The molecular weight excluding hydrogens is 240 g/mol. The average molecular weight is 264 g/mol. The fourth-order valence-corrected chi connectivity index (χ4v) is 2.70. The molecule has 1 aromatic rings. The van der Waals surface area contributed by atoms with Crippen molar-refractivity contribution in [3.63, 3.8) is 0 Å². The molecule has 0 saturated carbocycles. The molecule has 2 rings (SSSR count). The van der Waals surface area contributed by atoms with E-state index in [1.807, 2.05) is 17.4 Å². The zero-order chi connectivity index (χ0) is 13.7. The van der Waals surface area contributed by atoms with Crippen LogP contribution in [0.2, 0.25) is 0 Å². The van der Waals surface area contributed by atoms with Gasteiger partial charge in [0.05, 0.1) is 12.2 Å². The largest absolute Gasteiger partial charge is 0.342 e. The number of nitrogens with two attached hydrogens (primary N) is 1. The van der Waals surface area contributed by atoms with E-state index in [1.165, 1.54) is 6.42 Å². The fraction of sp³-hybridized carbons (Fsp3) is 0.714. The van der Waals surface area contributed by atoms with Gasteiger partial charge in [0.15, 0.2) is 0 Å². The van der Waals surface area contributed by atoms with Crippen molar-refractivity contribution < 1.29 is 4.79 Å². The Balaban J connectivity index is 2.01. The lowest BCUT2D eigenvalue weighted by Crippen LogP contribution is -2.42. The number of carbonyl (C=O) groups excluding carboxylic acids is 1. The number of imidazole rings is 1. The minimum Gasteiger partial charge on any atom is -0.342 e. The van der Waals surface area contributed by atoms with Gasteiger partial charge >= 0.3 is 0 Å². The summed E-state index contributed by atoms with van der Waals surface area (Å²) in [4.78, 5) is 18.6. The number of hydrogen-bond acceptors (Lipinski definition) is 3. The van der Waals surface area contributed by atoms with Gasteiger partial charge in [0, 0.05) is 44.5 Å². The highest BCUT2D eigenvalue weighted by atomic mass is 16.2. The van der Waals surface area contributed by atoms with Crippen LogP contribution in [0, 0.1) is 5.92 Å². The number of amides is 1. The molecule has 19 heavy (non-hydrogen) atoms. The predicted molar refractivity (Wildman–Crippen MR) is 74.6 cm³/mol. The van der Waals surface area contributed by atoms with Crippen molar-refractivity contribution in [3.05, 3.63) is 18.2 Å². The standard InChI is InChI=1S/C14H24N4O/c1-2-17-11-16-10-13(17)8-12(9-15)14(19)18-6-4-3-5-7-18/h10-12H,2-9,15H2,1H3. The van der Waals surface area contributed by atoms with Crippen molar-refractivity contribution in [3.8, 4) is 0 Å². The number of hydrogen-bond donors (Lipinski definition) is 1. The van der Waals surface area contributed by atoms with Crippen molar-refractivity contribution >= 4 is 5.91 Å². The maximum atomic E-state index is 12.5. The molecule has 1 fully saturated rings. The summed E-state index contributed by atoms with van der Waals surface area (Å²) in [5, 5.41) is 0. The molecule has 1 aliphatic heterocycles. The Labute approximate surface area is 114 Å². The third-order valence-electron chi connectivity index (χ3n) is 3.90. The van der Waals surface area contributed by atoms with E-state index in [4.69, 9.17) is 5.73 Å². The van der Waals surface area contributed by atoms with E-state index in [0.29, 0.717) is 13.0 Å². The lowest BCUT2D eigenvalue weighted by atomic mass is 10.00. The average Bonchev–Trinajstić information content (AvgIpc) is 2.92. The van der Waals surface area contributed by atoms with Gasteiger partial charge in [0.25, 0.3) is 0 Å². The Bertz CT molecular complexity index is 409. The van der Waals surface area contributed by atoms with Crippen molar-refractivity contribution in [1.29, 1.82) is 0 Å². The Morgan fingerprint density at radius 3 is 2.79 bits per heavy atom. The van der Waals surface area contributed by atoms with Crippen LogP contribution < -0.4 is 5.73 Å². The van der Waals surface area contributed by atoms with Gasteiger partial charge < -0.3 is 15.2 Å². The van der Waals surface area contributed by atoms with Gasteiger partial charge in [-0.15, -0.1) is 0 Å². The first-order chi connectivity index (χ1) is 9.26. The Morgan fingerprint density at radius 2 is 2.16 bits per heavy atom. The maximum absolute atomic E-state index is 12.5. The van der Waals surface area contributed by atoms with E-state index in [1.54, 1.807) is 0 Å². The van der Waals surface area contributed by atoms with Gasteiger partial charge in [-0.2, -0.15) is 0 Å². The van der Waals surface area contributed by atoms with Crippen LogP contribution in [0.5, 0.6) is 0 Å². The topological polar surface area (TPSA) is 64.2 Å². The summed E-state index contributed by atoms with van der Waals surface area (Å²) in [6.45, 7) is 5.15. The number of rotatable bonds is 5. The molecule has 0 aromatic carbocycles. The molecule has 0 aliphatic carbocycles. The van der Waals surface area contributed by atoms with E-state index in [9.17, 15) is 4.79 Å². The highest BCUT2D eigenvalue weighted by Gasteiger charge is 2.25. The van der Waals surface area contributed by atoms with Crippen LogP contribution in [0.25, 0.3) is 0 Å². The molecule has 1 saturated heterocycles. The molecule has 1 aliphatic rings. The molecule has 106 valence electrons. The molecule has 2 heterocycles. The summed E-state index contributed by atoms with van der Waals surface area (Å²) in [7, 11) is 0. The van der Waals surface area contributed by atoms with Crippen molar-refractivity contribution in [2.45, 2.75) is 39.2 Å². The van der Waals surface area contributed by atoms with Crippen LogP contribution in [0.15, 0.2) is 12.5 Å². The van der Waals surface area contributed by atoms with E-state index >= 15 is 0 Å². The summed E-state index contributed by atoms with van der Waals surface area (Å²) in [5.41, 5.74) is 6.91. The first kappa shape index (κ1) is 14.1. The van der Waals surface area contributed by atoms with Gasteiger partial charge in [-0.05, 0) is 26.2 Å².